The van der Waals surface area contributed by atoms with Gasteiger partial charge in [0.1, 0.15) is 12.2 Å². The molecule has 0 saturated carbocycles. The lowest BCUT2D eigenvalue weighted by molar-refractivity contribution is 0.364. The molecule has 0 bridgehead atoms. The number of aromatic nitrogens is 6. The number of nitrogens with two attached hydrogens (primary N) is 1. The second kappa shape index (κ2) is 5.76. The van der Waals surface area contributed by atoms with E-state index in [-0.39, 0.29) is 12.4 Å². The van der Waals surface area contributed by atoms with E-state index < -0.39 is 0 Å². The van der Waals surface area contributed by atoms with Gasteiger partial charge in [0.2, 0.25) is 11.7 Å². The minimum absolute atomic E-state index is 0.283. The van der Waals surface area contributed by atoms with E-state index in [0.717, 1.165) is 0 Å². The van der Waals surface area contributed by atoms with Crippen molar-refractivity contribution in [2.75, 3.05) is 0 Å². The summed E-state index contributed by atoms with van der Waals surface area (Å²) in [5, 5.41) is 12.4. The Morgan fingerprint density at radius 3 is 2.90 bits per heavy atom. The van der Waals surface area contributed by atoms with E-state index in [1.165, 1.54) is 6.20 Å². The molecule has 0 fully saturated rings. The summed E-state index contributed by atoms with van der Waals surface area (Å²) in [4.78, 5) is 8.30. The molecule has 0 aliphatic rings. The Labute approximate surface area is 128 Å². The fourth-order valence-electron chi connectivity index (χ4n) is 1.64. The minimum Gasteiger partial charge on any atom is -0.337 e. The molecule has 0 atom stereocenters. The summed E-state index contributed by atoms with van der Waals surface area (Å²) in [5.41, 5.74) is 6.54. The fraction of sp³-hybridized carbons (Fsp3) is 0.182. The SMILES string of the molecule is NCc1cn(Cc2nc(-c3ncc(Cl)cc3Cl)no2)nn1. The van der Waals surface area contributed by atoms with Crippen molar-refractivity contribution in [2.45, 2.75) is 13.1 Å². The molecular weight excluding hydrogens is 317 g/mol. The van der Waals surface area contributed by atoms with Crippen molar-refractivity contribution in [1.29, 1.82) is 0 Å². The third-order valence-corrected chi connectivity index (χ3v) is 3.08. The lowest BCUT2D eigenvalue weighted by Crippen LogP contribution is -2.01. The first-order chi connectivity index (χ1) is 10.2. The molecule has 0 saturated heterocycles. The minimum atomic E-state index is 0.283. The van der Waals surface area contributed by atoms with Crippen molar-refractivity contribution in [3.05, 3.63) is 40.1 Å². The topological polar surface area (TPSA) is 109 Å². The molecule has 0 spiro atoms. The molecule has 0 aromatic carbocycles. The summed E-state index contributed by atoms with van der Waals surface area (Å²) in [7, 11) is 0. The van der Waals surface area contributed by atoms with Crippen LogP contribution < -0.4 is 5.73 Å². The van der Waals surface area contributed by atoms with Gasteiger partial charge in [0.05, 0.1) is 21.9 Å². The van der Waals surface area contributed by atoms with E-state index in [1.54, 1.807) is 16.9 Å². The number of hydrogen-bond donors (Lipinski definition) is 1. The highest BCUT2D eigenvalue weighted by Gasteiger charge is 2.14. The first kappa shape index (κ1) is 13.9. The smallest absolute Gasteiger partial charge is 0.248 e. The van der Waals surface area contributed by atoms with Gasteiger partial charge in [0.15, 0.2) is 0 Å². The summed E-state index contributed by atoms with van der Waals surface area (Å²) >= 11 is 11.8. The van der Waals surface area contributed by atoms with Gasteiger partial charge in [0, 0.05) is 12.7 Å². The third kappa shape index (κ3) is 3.02. The molecule has 108 valence electrons. The number of halogens is 2. The maximum atomic E-state index is 6.05. The Morgan fingerprint density at radius 1 is 1.33 bits per heavy atom. The Balaban J connectivity index is 1.82. The maximum Gasteiger partial charge on any atom is 0.248 e. The van der Waals surface area contributed by atoms with E-state index in [2.05, 4.69) is 25.4 Å². The molecule has 10 heteroatoms. The number of pyridine rings is 1. The number of hydrogen-bond acceptors (Lipinski definition) is 7. The molecule has 3 aromatic rings. The molecular formula is C11H9Cl2N7O. The van der Waals surface area contributed by atoms with Crippen molar-refractivity contribution < 1.29 is 4.52 Å². The van der Waals surface area contributed by atoms with Gasteiger partial charge in [-0.05, 0) is 6.07 Å². The second-order valence-electron chi connectivity index (χ2n) is 4.11. The monoisotopic (exact) mass is 325 g/mol. The van der Waals surface area contributed by atoms with E-state index in [4.69, 9.17) is 33.5 Å². The number of nitrogens with zero attached hydrogens (tertiary/aromatic N) is 6. The van der Waals surface area contributed by atoms with Gasteiger partial charge >= 0.3 is 0 Å². The van der Waals surface area contributed by atoms with Crippen LogP contribution in [0.4, 0.5) is 0 Å². The van der Waals surface area contributed by atoms with E-state index >= 15 is 0 Å². The van der Waals surface area contributed by atoms with Crippen LogP contribution in [0.25, 0.3) is 11.5 Å². The van der Waals surface area contributed by atoms with Crippen LogP contribution in [0.15, 0.2) is 23.0 Å². The molecule has 0 aliphatic heterocycles. The van der Waals surface area contributed by atoms with Gasteiger partial charge in [-0.2, -0.15) is 4.98 Å². The second-order valence-corrected chi connectivity index (χ2v) is 4.95. The van der Waals surface area contributed by atoms with Gasteiger partial charge < -0.3 is 10.3 Å². The van der Waals surface area contributed by atoms with Gasteiger partial charge in [-0.3, -0.25) is 0 Å². The van der Waals surface area contributed by atoms with Crippen molar-refractivity contribution >= 4 is 23.2 Å². The zero-order chi connectivity index (χ0) is 14.8. The average molecular weight is 326 g/mol. The van der Waals surface area contributed by atoms with Crippen molar-refractivity contribution in [3.8, 4) is 11.5 Å². The molecule has 2 N–H and O–H groups in total. The Bertz CT molecular complexity index is 770. The molecule has 21 heavy (non-hydrogen) atoms. The van der Waals surface area contributed by atoms with Crippen molar-refractivity contribution in [2.24, 2.45) is 5.73 Å². The van der Waals surface area contributed by atoms with E-state index in [9.17, 15) is 0 Å². The lowest BCUT2D eigenvalue weighted by atomic mass is 10.3. The quantitative estimate of drug-likeness (QED) is 0.774. The van der Waals surface area contributed by atoms with Crippen LogP contribution in [0, 0.1) is 0 Å². The standard InChI is InChI=1S/C11H9Cl2N7O/c12-6-1-8(13)10(15-3-6)11-16-9(21-18-11)5-20-4-7(2-14)17-19-20/h1,3-4H,2,5,14H2. The predicted octanol–water partition coefficient (Wildman–Crippen LogP) is 1.54. The summed E-state index contributed by atoms with van der Waals surface area (Å²) in [6.07, 6.45) is 3.17. The predicted molar refractivity (Wildman–Crippen MR) is 74.6 cm³/mol. The van der Waals surface area contributed by atoms with Crippen LogP contribution in [-0.2, 0) is 13.1 Å². The van der Waals surface area contributed by atoms with Crippen LogP contribution >= 0.6 is 23.2 Å². The zero-order valence-electron chi connectivity index (χ0n) is 10.6. The largest absolute Gasteiger partial charge is 0.337 e. The van der Waals surface area contributed by atoms with Gasteiger partial charge in [-0.15, -0.1) is 5.10 Å². The highest BCUT2D eigenvalue weighted by Crippen LogP contribution is 2.25. The van der Waals surface area contributed by atoms with Gasteiger partial charge in [-0.1, -0.05) is 33.6 Å². The maximum absolute atomic E-state index is 6.05. The van der Waals surface area contributed by atoms with Crippen LogP contribution in [0.5, 0.6) is 0 Å². The molecule has 0 unspecified atom stereocenters. The van der Waals surface area contributed by atoms with Crippen molar-refractivity contribution in [1.82, 2.24) is 30.1 Å². The Kier molecular flexibility index (Phi) is 3.82. The molecule has 3 rings (SSSR count). The molecule has 3 aromatic heterocycles. The average Bonchev–Trinajstić information content (AvgIpc) is 3.08. The highest BCUT2D eigenvalue weighted by molar-refractivity contribution is 6.35. The van der Waals surface area contributed by atoms with E-state index in [1.807, 2.05) is 0 Å². The number of rotatable bonds is 4. The van der Waals surface area contributed by atoms with Crippen LogP contribution in [0.3, 0.4) is 0 Å². The molecule has 3 heterocycles. The summed E-state index contributed by atoms with van der Waals surface area (Å²) in [6.45, 7) is 0.602. The van der Waals surface area contributed by atoms with Crippen molar-refractivity contribution in [3.63, 3.8) is 0 Å². The van der Waals surface area contributed by atoms with Crippen LogP contribution in [0.1, 0.15) is 11.6 Å². The summed E-state index contributed by atoms with van der Waals surface area (Å²) in [6, 6.07) is 1.56. The van der Waals surface area contributed by atoms with Gasteiger partial charge in [-0.25, -0.2) is 9.67 Å². The molecule has 0 amide bonds. The first-order valence-corrected chi connectivity index (χ1v) is 6.64. The fourth-order valence-corrected chi connectivity index (χ4v) is 2.11. The van der Waals surface area contributed by atoms with Gasteiger partial charge in [0.25, 0.3) is 0 Å². The Morgan fingerprint density at radius 2 is 2.19 bits per heavy atom. The van der Waals surface area contributed by atoms with Crippen LogP contribution in [0.2, 0.25) is 10.0 Å². The third-order valence-electron chi connectivity index (χ3n) is 2.58. The molecule has 8 nitrogen and oxygen atoms in total. The molecule has 0 radical (unpaired) electrons. The molecule has 0 aliphatic carbocycles. The lowest BCUT2D eigenvalue weighted by Gasteiger charge is -1.97. The zero-order valence-corrected chi connectivity index (χ0v) is 12.1. The summed E-state index contributed by atoms with van der Waals surface area (Å²) < 4.78 is 6.69. The normalized spacial score (nSPS) is 11.0. The summed E-state index contributed by atoms with van der Waals surface area (Å²) in [5.74, 6) is 0.636. The van der Waals surface area contributed by atoms with E-state index in [0.29, 0.717) is 33.9 Å². The van der Waals surface area contributed by atoms with Crippen LogP contribution in [-0.4, -0.2) is 30.1 Å². The highest BCUT2D eigenvalue weighted by atomic mass is 35.5. The Hall–Kier alpha value is -2.03. The first-order valence-electron chi connectivity index (χ1n) is 5.89.